The van der Waals surface area contributed by atoms with Crippen LogP contribution in [0.5, 0.6) is 0 Å². The number of fused-ring (bicyclic) bond motifs is 3. The predicted molar refractivity (Wildman–Crippen MR) is 75.3 cm³/mol. The van der Waals surface area contributed by atoms with Crippen LogP contribution in [0.2, 0.25) is 0 Å². The first-order valence-electron chi connectivity index (χ1n) is 6.37. The molecule has 0 aliphatic carbocycles. The number of hydrogen-bond donors (Lipinski definition) is 0. The van der Waals surface area contributed by atoms with E-state index in [4.69, 9.17) is 0 Å². The molecule has 0 unspecified atom stereocenters. The van der Waals surface area contributed by atoms with E-state index in [2.05, 4.69) is 21.7 Å². The fourth-order valence-corrected chi connectivity index (χ4v) is 3.04. The fourth-order valence-electron chi connectivity index (χ4n) is 2.60. The smallest absolute Gasteiger partial charge is 0.280 e. The van der Waals surface area contributed by atoms with Crippen molar-refractivity contribution in [1.29, 1.82) is 0 Å². The van der Waals surface area contributed by atoms with Crippen molar-refractivity contribution in [2.75, 3.05) is 6.26 Å². The van der Waals surface area contributed by atoms with Crippen molar-refractivity contribution in [2.45, 2.75) is 37.1 Å². The average Bonchev–Trinajstić information content (AvgIpc) is 2.64. The molecule has 0 bridgehead atoms. The van der Waals surface area contributed by atoms with Gasteiger partial charge < -0.3 is 4.57 Å². The zero-order valence-corrected chi connectivity index (χ0v) is 11.3. The SMILES string of the molecule is CSc1ccc2c(c1)c(=O)nc1n2CCCCC1. The molecule has 0 atom stereocenters. The second-order valence-electron chi connectivity index (χ2n) is 4.68. The summed E-state index contributed by atoms with van der Waals surface area (Å²) in [6.07, 6.45) is 6.49. The summed E-state index contributed by atoms with van der Waals surface area (Å²) in [5.41, 5.74) is 0.971. The lowest BCUT2D eigenvalue weighted by molar-refractivity contribution is 0.641. The number of benzene rings is 1. The fraction of sp³-hybridized carbons (Fsp3) is 0.429. The second-order valence-corrected chi connectivity index (χ2v) is 5.56. The van der Waals surface area contributed by atoms with Gasteiger partial charge in [0, 0.05) is 17.9 Å². The van der Waals surface area contributed by atoms with E-state index in [0.29, 0.717) is 0 Å². The van der Waals surface area contributed by atoms with Gasteiger partial charge >= 0.3 is 0 Å². The van der Waals surface area contributed by atoms with Crippen molar-refractivity contribution in [3.05, 3.63) is 34.4 Å². The van der Waals surface area contributed by atoms with Crippen LogP contribution in [0, 0.1) is 0 Å². The monoisotopic (exact) mass is 260 g/mol. The maximum Gasteiger partial charge on any atom is 0.280 e. The molecule has 1 aromatic heterocycles. The van der Waals surface area contributed by atoms with Crippen molar-refractivity contribution < 1.29 is 0 Å². The zero-order valence-electron chi connectivity index (χ0n) is 10.5. The van der Waals surface area contributed by atoms with Crippen LogP contribution in [0.4, 0.5) is 0 Å². The summed E-state index contributed by atoms with van der Waals surface area (Å²) >= 11 is 1.66. The van der Waals surface area contributed by atoms with Crippen LogP contribution in [-0.2, 0) is 13.0 Å². The summed E-state index contributed by atoms with van der Waals surface area (Å²) in [6, 6.07) is 6.12. The molecule has 0 radical (unpaired) electrons. The minimum Gasteiger partial charge on any atom is -0.329 e. The third-order valence-electron chi connectivity index (χ3n) is 3.55. The van der Waals surface area contributed by atoms with Gasteiger partial charge in [0.25, 0.3) is 5.56 Å². The zero-order chi connectivity index (χ0) is 12.5. The van der Waals surface area contributed by atoms with Crippen LogP contribution in [0.3, 0.4) is 0 Å². The standard InChI is InChI=1S/C14H16N2OS/c1-18-10-6-7-12-11(9-10)14(17)15-13-5-3-2-4-8-16(12)13/h6-7,9H,2-5,8H2,1H3. The van der Waals surface area contributed by atoms with E-state index in [0.717, 1.165) is 41.0 Å². The molecule has 1 aliphatic heterocycles. The van der Waals surface area contributed by atoms with Gasteiger partial charge in [-0.1, -0.05) is 6.42 Å². The lowest BCUT2D eigenvalue weighted by Gasteiger charge is -2.13. The van der Waals surface area contributed by atoms with E-state index in [9.17, 15) is 4.79 Å². The van der Waals surface area contributed by atoms with Crippen molar-refractivity contribution >= 4 is 22.7 Å². The maximum absolute atomic E-state index is 12.1. The molecule has 0 spiro atoms. The predicted octanol–water partition coefficient (Wildman–Crippen LogP) is 2.84. The van der Waals surface area contributed by atoms with Crippen LogP contribution in [0.25, 0.3) is 10.9 Å². The molecule has 0 saturated heterocycles. The highest BCUT2D eigenvalue weighted by molar-refractivity contribution is 7.98. The first-order valence-corrected chi connectivity index (χ1v) is 7.59. The topological polar surface area (TPSA) is 34.9 Å². The van der Waals surface area contributed by atoms with Gasteiger partial charge in [-0.15, -0.1) is 11.8 Å². The Bertz CT molecular complexity index is 648. The number of thioether (sulfide) groups is 1. The largest absolute Gasteiger partial charge is 0.329 e. The molecule has 3 rings (SSSR count). The van der Waals surface area contributed by atoms with Gasteiger partial charge in [-0.25, -0.2) is 0 Å². The third-order valence-corrected chi connectivity index (χ3v) is 4.27. The van der Waals surface area contributed by atoms with E-state index in [-0.39, 0.29) is 5.56 Å². The molecule has 0 fully saturated rings. The summed E-state index contributed by atoms with van der Waals surface area (Å²) < 4.78 is 2.23. The van der Waals surface area contributed by atoms with E-state index in [1.54, 1.807) is 11.8 Å². The van der Waals surface area contributed by atoms with Gasteiger partial charge in [0.15, 0.2) is 0 Å². The van der Waals surface area contributed by atoms with Crippen molar-refractivity contribution in [2.24, 2.45) is 0 Å². The Labute approximate surface area is 110 Å². The van der Waals surface area contributed by atoms with E-state index >= 15 is 0 Å². The quantitative estimate of drug-likeness (QED) is 0.740. The first-order chi connectivity index (χ1) is 8.79. The van der Waals surface area contributed by atoms with Gasteiger partial charge in [0.1, 0.15) is 5.82 Å². The normalized spacial score (nSPS) is 15.4. The number of aryl methyl sites for hydroxylation is 2. The average molecular weight is 260 g/mol. The Hall–Kier alpha value is -1.29. The lowest BCUT2D eigenvalue weighted by Crippen LogP contribution is -2.18. The summed E-state index contributed by atoms with van der Waals surface area (Å²) in [7, 11) is 0. The number of nitrogens with zero attached hydrogens (tertiary/aromatic N) is 2. The Morgan fingerprint density at radius 3 is 3.00 bits per heavy atom. The highest BCUT2D eigenvalue weighted by atomic mass is 32.2. The third kappa shape index (κ3) is 1.94. The number of hydrogen-bond acceptors (Lipinski definition) is 3. The van der Waals surface area contributed by atoms with Gasteiger partial charge in [0.2, 0.25) is 0 Å². The van der Waals surface area contributed by atoms with Gasteiger partial charge in [0.05, 0.1) is 10.9 Å². The molecule has 94 valence electrons. The summed E-state index contributed by atoms with van der Waals surface area (Å²) in [4.78, 5) is 17.5. The lowest BCUT2D eigenvalue weighted by atomic mass is 10.2. The Morgan fingerprint density at radius 1 is 1.28 bits per heavy atom. The van der Waals surface area contributed by atoms with Crippen LogP contribution in [-0.4, -0.2) is 15.8 Å². The second kappa shape index (κ2) is 4.76. The number of rotatable bonds is 1. The summed E-state index contributed by atoms with van der Waals surface area (Å²) in [5, 5.41) is 0.757. The Kier molecular flexibility index (Phi) is 3.12. The molecular formula is C14H16N2OS. The summed E-state index contributed by atoms with van der Waals surface area (Å²) in [5.74, 6) is 0.960. The minimum absolute atomic E-state index is 0.0750. The maximum atomic E-state index is 12.1. The minimum atomic E-state index is -0.0750. The van der Waals surface area contributed by atoms with E-state index in [1.807, 2.05) is 12.3 Å². The molecule has 3 nitrogen and oxygen atoms in total. The highest BCUT2D eigenvalue weighted by Crippen LogP contribution is 2.22. The highest BCUT2D eigenvalue weighted by Gasteiger charge is 2.13. The molecule has 4 heteroatoms. The molecule has 0 amide bonds. The molecule has 1 aromatic carbocycles. The van der Waals surface area contributed by atoms with Crippen LogP contribution >= 0.6 is 11.8 Å². The van der Waals surface area contributed by atoms with Gasteiger partial charge in [-0.3, -0.25) is 4.79 Å². The first kappa shape index (κ1) is 11.8. The van der Waals surface area contributed by atoms with E-state index < -0.39 is 0 Å². The number of aromatic nitrogens is 2. The molecule has 0 N–H and O–H groups in total. The van der Waals surface area contributed by atoms with Gasteiger partial charge in [-0.2, -0.15) is 4.98 Å². The van der Waals surface area contributed by atoms with E-state index in [1.165, 1.54) is 12.8 Å². The van der Waals surface area contributed by atoms with Crippen molar-refractivity contribution in [3.8, 4) is 0 Å². The van der Waals surface area contributed by atoms with Crippen molar-refractivity contribution in [1.82, 2.24) is 9.55 Å². The van der Waals surface area contributed by atoms with Crippen LogP contribution < -0.4 is 5.56 Å². The van der Waals surface area contributed by atoms with Gasteiger partial charge in [-0.05, 0) is 37.3 Å². The Morgan fingerprint density at radius 2 is 2.17 bits per heavy atom. The molecular weight excluding hydrogens is 244 g/mol. The van der Waals surface area contributed by atoms with Crippen molar-refractivity contribution in [3.63, 3.8) is 0 Å². The summed E-state index contributed by atoms with van der Waals surface area (Å²) in [6.45, 7) is 0.984. The van der Waals surface area contributed by atoms with Crippen LogP contribution in [0.15, 0.2) is 27.9 Å². The molecule has 18 heavy (non-hydrogen) atoms. The molecule has 1 aliphatic rings. The Balaban J connectivity index is 2.30. The molecule has 2 heterocycles. The van der Waals surface area contributed by atoms with Crippen LogP contribution in [0.1, 0.15) is 25.1 Å². The molecule has 0 saturated carbocycles. The molecule has 2 aromatic rings.